The van der Waals surface area contributed by atoms with Crippen molar-refractivity contribution in [3.05, 3.63) is 75.9 Å². The van der Waals surface area contributed by atoms with Crippen LogP contribution in [0, 0.1) is 10.5 Å². The monoisotopic (exact) mass is 389 g/mol. The van der Waals surface area contributed by atoms with Crippen LogP contribution in [0.4, 0.5) is 5.69 Å². The average Bonchev–Trinajstić information content (AvgIpc) is 3.03. The molecular weight excluding hydrogens is 373 g/mol. The number of hydrogen-bond donors (Lipinski definition) is 1. The lowest BCUT2D eigenvalue weighted by Gasteiger charge is -2.09. The van der Waals surface area contributed by atoms with Crippen molar-refractivity contribution in [2.45, 2.75) is 13.5 Å². The summed E-state index contributed by atoms with van der Waals surface area (Å²) in [7, 11) is 0. The number of rotatable bonds is 4. The van der Waals surface area contributed by atoms with Crippen molar-refractivity contribution in [3.63, 3.8) is 0 Å². The van der Waals surface area contributed by atoms with E-state index in [0.717, 1.165) is 17.9 Å². The molecule has 1 aromatic heterocycles. The Morgan fingerprint density at radius 3 is 2.62 bits per heavy atom. The summed E-state index contributed by atoms with van der Waals surface area (Å²) in [6, 6.07) is 14.9. The lowest BCUT2D eigenvalue weighted by molar-refractivity contribution is 1.05. The predicted molar refractivity (Wildman–Crippen MR) is 94.8 cm³/mol. The number of anilines is 1. The summed E-state index contributed by atoms with van der Waals surface area (Å²) in [5.74, 6) is 0. The summed E-state index contributed by atoms with van der Waals surface area (Å²) in [5.41, 5.74) is 4.85. The van der Waals surface area contributed by atoms with Crippen molar-refractivity contribution in [2.75, 3.05) is 5.32 Å². The van der Waals surface area contributed by atoms with Gasteiger partial charge < -0.3 is 9.88 Å². The third-order valence-corrected chi connectivity index (χ3v) is 4.57. The second-order valence-electron chi connectivity index (χ2n) is 4.95. The Morgan fingerprint density at radius 1 is 1.14 bits per heavy atom. The van der Waals surface area contributed by atoms with Crippen LogP contribution in [0.15, 0.2) is 61.2 Å². The average molecular weight is 389 g/mol. The van der Waals surface area contributed by atoms with Crippen molar-refractivity contribution in [1.82, 2.24) is 9.55 Å². The highest BCUT2D eigenvalue weighted by atomic mass is 127. The van der Waals surface area contributed by atoms with E-state index in [4.69, 9.17) is 0 Å². The van der Waals surface area contributed by atoms with Gasteiger partial charge in [0.25, 0.3) is 0 Å². The van der Waals surface area contributed by atoms with Gasteiger partial charge in [-0.05, 0) is 64.9 Å². The van der Waals surface area contributed by atoms with Crippen LogP contribution in [0.2, 0.25) is 0 Å². The highest BCUT2D eigenvalue weighted by Crippen LogP contribution is 2.18. The first-order valence-corrected chi connectivity index (χ1v) is 7.87. The third-order valence-electron chi connectivity index (χ3n) is 3.41. The molecular formula is C17H16IN3. The van der Waals surface area contributed by atoms with Crippen molar-refractivity contribution >= 4 is 28.3 Å². The maximum absolute atomic E-state index is 4.06. The minimum atomic E-state index is 0.823. The van der Waals surface area contributed by atoms with E-state index in [9.17, 15) is 0 Å². The smallest absolute Gasteiger partial charge is 0.0991 e. The lowest BCUT2D eigenvalue weighted by Crippen LogP contribution is -2.00. The molecule has 0 atom stereocenters. The number of nitrogens with one attached hydrogen (secondary N) is 1. The van der Waals surface area contributed by atoms with Gasteiger partial charge in [-0.25, -0.2) is 4.98 Å². The first-order chi connectivity index (χ1) is 10.2. The second-order valence-corrected chi connectivity index (χ2v) is 6.12. The highest BCUT2D eigenvalue weighted by molar-refractivity contribution is 14.1. The third kappa shape index (κ3) is 3.44. The van der Waals surface area contributed by atoms with Crippen LogP contribution in [-0.2, 0) is 6.54 Å². The van der Waals surface area contributed by atoms with Crippen LogP contribution in [0.3, 0.4) is 0 Å². The van der Waals surface area contributed by atoms with E-state index in [2.05, 4.69) is 82.3 Å². The Labute approximate surface area is 138 Å². The van der Waals surface area contributed by atoms with Crippen LogP contribution in [-0.4, -0.2) is 9.55 Å². The molecule has 0 aliphatic carbocycles. The molecule has 0 saturated carbocycles. The Morgan fingerprint density at radius 2 is 1.95 bits per heavy atom. The van der Waals surface area contributed by atoms with Gasteiger partial charge in [-0.2, -0.15) is 0 Å². The van der Waals surface area contributed by atoms with Gasteiger partial charge in [-0.1, -0.05) is 18.2 Å². The van der Waals surface area contributed by atoms with E-state index in [1.807, 2.05) is 17.1 Å². The first kappa shape index (κ1) is 14.1. The maximum atomic E-state index is 4.06. The number of imidazole rings is 1. The number of halogens is 1. The first-order valence-electron chi connectivity index (χ1n) is 6.80. The molecule has 1 heterocycles. The fraction of sp³-hybridized carbons (Fsp3) is 0.118. The maximum Gasteiger partial charge on any atom is 0.0991 e. The summed E-state index contributed by atoms with van der Waals surface area (Å²) in [5, 5.41) is 3.46. The summed E-state index contributed by atoms with van der Waals surface area (Å²) < 4.78 is 3.28. The van der Waals surface area contributed by atoms with E-state index in [0.29, 0.717) is 0 Å². The quantitative estimate of drug-likeness (QED) is 0.671. The van der Waals surface area contributed by atoms with Crippen molar-refractivity contribution in [3.8, 4) is 5.69 Å². The molecule has 3 rings (SSSR count). The zero-order valence-electron chi connectivity index (χ0n) is 11.8. The molecule has 3 aromatic rings. The number of benzene rings is 2. The van der Waals surface area contributed by atoms with Gasteiger partial charge in [0.2, 0.25) is 0 Å². The molecule has 0 bridgehead atoms. The number of hydrogen-bond acceptors (Lipinski definition) is 2. The van der Waals surface area contributed by atoms with Gasteiger partial charge in [0.1, 0.15) is 0 Å². The number of nitrogens with zero attached hydrogens (tertiary/aromatic N) is 2. The Balaban J connectivity index is 1.66. The predicted octanol–water partition coefficient (Wildman–Crippen LogP) is 4.40. The van der Waals surface area contributed by atoms with Gasteiger partial charge in [0.15, 0.2) is 0 Å². The second kappa shape index (κ2) is 6.30. The Bertz CT molecular complexity index is 718. The van der Waals surface area contributed by atoms with Gasteiger partial charge >= 0.3 is 0 Å². The normalized spacial score (nSPS) is 10.6. The number of aryl methyl sites for hydroxylation is 1. The lowest BCUT2D eigenvalue weighted by atomic mass is 10.2. The van der Waals surface area contributed by atoms with E-state index in [1.165, 1.54) is 14.7 Å². The summed E-state index contributed by atoms with van der Waals surface area (Å²) in [4.78, 5) is 4.06. The van der Waals surface area contributed by atoms with Gasteiger partial charge in [-0.3, -0.25) is 0 Å². The van der Waals surface area contributed by atoms with E-state index in [-0.39, 0.29) is 0 Å². The largest absolute Gasteiger partial charge is 0.381 e. The number of aromatic nitrogens is 2. The SMILES string of the molecule is Cc1ccc(NCc2ccc(-n3ccnc3)cc2)cc1I. The zero-order valence-corrected chi connectivity index (χ0v) is 13.9. The molecule has 21 heavy (non-hydrogen) atoms. The standard InChI is InChI=1S/C17H16IN3/c1-13-2-5-15(10-17(13)18)20-11-14-3-6-16(7-4-14)21-9-8-19-12-21/h2-10,12,20H,11H2,1H3. The van der Waals surface area contributed by atoms with Crippen LogP contribution >= 0.6 is 22.6 Å². The molecule has 4 heteroatoms. The van der Waals surface area contributed by atoms with Gasteiger partial charge in [0, 0.05) is 33.9 Å². The molecule has 0 aliphatic heterocycles. The fourth-order valence-electron chi connectivity index (χ4n) is 2.10. The van der Waals surface area contributed by atoms with E-state index < -0.39 is 0 Å². The molecule has 2 aromatic carbocycles. The van der Waals surface area contributed by atoms with Gasteiger partial charge in [0.05, 0.1) is 6.33 Å². The topological polar surface area (TPSA) is 29.9 Å². The molecule has 0 fully saturated rings. The summed E-state index contributed by atoms with van der Waals surface area (Å²) >= 11 is 2.37. The molecule has 0 amide bonds. The van der Waals surface area contributed by atoms with Crippen LogP contribution < -0.4 is 5.32 Å². The van der Waals surface area contributed by atoms with E-state index >= 15 is 0 Å². The molecule has 3 nitrogen and oxygen atoms in total. The van der Waals surface area contributed by atoms with Crippen LogP contribution in [0.25, 0.3) is 5.69 Å². The molecule has 0 radical (unpaired) electrons. The highest BCUT2D eigenvalue weighted by Gasteiger charge is 1.99. The molecule has 1 N–H and O–H groups in total. The van der Waals surface area contributed by atoms with Crippen molar-refractivity contribution in [1.29, 1.82) is 0 Å². The molecule has 0 saturated heterocycles. The minimum Gasteiger partial charge on any atom is -0.381 e. The zero-order chi connectivity index (χ0) is 14.7. The molecule has 0 aliphatic rings. The van der Waals surface area contributed by atoms with Crippen molar-refractivity contribution < 1.29 is 0 Å². The Hall–Kier alpha value is -1.82. The molecule has 106 valence electrons. The van der Waals surface area contributed by atoms with Crippen molar-refractivity contribution in [2.24, 2.45) is 0 Å². The molecule has 0 spiro atoms. The fourth-order valence-corrected chi connectivity index (χ4v) is 2.62. The molecule has 0 unspecified atom stereocenters. The Kier molecular flexibility index (Phi) is 4.24. The van der Waals surface area contributed by atoms with Crippen LogP contribution in [0.1, 0.15) is 11.1 Å². The summed E-state index contributed by atoms with van der Waals surface area (Å²) in [6.45, 7) is 2.95. The summed E-state index contributed by atoms with van der Waals surface area (Å²) in [6.07, 6.45) is 5.54. The minimum absolute atomic E-state index is 0.823. The van der Waals surface area contributed by atoms with Crippen LogP contribution in [0.5, 0.6) is 0 Å². The van der Waals surface area contributed by atoms with Gasteiger partial charge in [-0.15, -0.1) is 0 Å². The van der Waals surface area contributed by atoms with E-state index in [1.54, 1.807) is 6.20 Å².